The maximum Gasteiger partial charge on any atom is 0.330 e. The molecule has 0 fully saturated rings. The minimum Gasteiger partial charge on any atom is -0.508 e. The zero-order valence-corrected chi connectivity index (χ0v) is 14.2. The first-order valence-electron chi connectivity index (χ1n) is 6.44. The topological polar surface area (TPSA) is 144 Å². The first-order valence-corrected chi connectivity index (χ1v) is 6.44. The normalized spacial score (nSPS) is 13.8. The Morgan fingerprint density at radius 1 is 1.27 bits per heavy atom. The number of carboxylic acids is 1. The second kappa shape index (κ2) is 10.1. The third kappa shape index (κ3) is 6.00. The quantitative estimate of drug-likeness (QED) is 0.577. The van der Waals surface area contributed by atoms with E-state index in [0.29, 0.717) is 5.56 Å². The van der Waals surface area contributed by atoms with E-state index in [9.17, 15) is 19.8 Å². The highest BCUT2D eigenvalue weighted by molar-refractivity contribution is 8.93. The van der Waals surface area contributed by atoms with E-state index >= 15 is 0 Å². The third-order valence-electron chi connectivity index (χ3n) is 3.32. The van der Waals surface area contributed by atoms with E-state index in [0.717, 1.165) is 6.42 Å². The zero-order chi connectivity index (χ0) is 15.3. The molecule has 0 saturated heterocycles. The molecule has 0 aliphatic rings. The van der Waals surface area contributed by atoms with Crippen molar-refractivity contribution >= 4 is 28.9 Å². The molecule has 126 valence electrons. The molecule has 0 aromatic heterocycles. The van der Waals surface area contributed by atoms with Gasteiger partial charge in [0.15, 0.2) is 6.04 Å². The van der Waals surface area contributed by atoms with Gasteiger partial charge >= 0.3 is 5.97 Å². The summed E-state index contributed by atoms with van der Waals surface area (Å²) >= 11 is 0. The minimum atomic E-state index is -1.18. The maximum absolute atomic E-state index is 11.9. The van der Waals surface area contributed by atoms with Crippen molar-refractivity contribution in [2.75, 3.05) is 0 Å². The summed E-state index contributed by atoms with van der Waals surface area (Å²) in [5.41, 5.74) is 6.15. The number of benzene rings is 1. The molecule has 8 heteroatoms. The smallest absolute Gasteiger partial charge is 0.330 e. The second-order valence-electron chi connectivity index (χ2n) is 4.78. The van der Waals surface area contributed by atoms with Gasteiger partial charge in [-0.2, -0.15) is 0 Å². The summed E-state index contributed by atoms with van der Waals surface area (Å²) in [5, 5.41) is 20.8. The Hall–Kier alpha value is -1.64. The third-order valence-corrected chi connectivity index (χ3v) is 3.32. The van der Waals surface area contributed by atoms with Crippen LogP contribution in [0.4, 0.5) is 0 Å². The predicted octanol–water partition coefficient (Wildman–Crippen LogP) is 0.761. The monoisotopic (exact) mass is 378 g/mol. The lowest BCUT2D eigenvalue weighted by molar-refractivity contribution is -0.142. The number of rotatable bonds is 6. The van der Waals surface area contributed by atoms with Gasteiger partial charge in [-0.15, -0.1) is 17.0 Å². The number of aliphatic carboxylic acids is 1. The van der Waals surface area contributed by atoms with Crippen molar-refractivity contribution in [3.8, 4) is 5.75 Å². The summed E-state index contributed by atoms with van der Waals surface area (Å²) in [6.07, 6.45) is 0.728. The molecule has 0 aliphatic heterocycles. The molecular formula is C14H23BrN2O5. The lowest BCUT2D eigenvalue weighted by Gasteiger charge is -2.21. The fraction of sp³-hybridized carbons (Fsp3) is 0.429. The van der Waals surface area contributed by atoms with Crippen molar-refractivity contribution in [3.05, 3.63) is 29.8 Å². The first kappa shape index (κ1) is 22.6. The minimum absolute atomic E-state index is 0. The fourth-order valence-electron chi connectivity index (χ4n) is 1.71. The number of halogens is 1. The number of hydrogen-bond donors (Lipinski definition) is 4. The molecule has 1 aromatic carbocycles. The standard InChI is InChI=1S/C14H20N2O4.BrH.H2O/c1-3-8(2)11(15)13(18)16-12(14(19)20)9-4-6-10(17)7-5-9;;/h4-8,11-12,17H,3,15H2,1-2H3,(H,16,18)(H,19,20);1H;1H2/t8-,11-,12?;;/m0../s1. The van der Waals surface area contributed by atoms with Crippen LogP contribution in [0.25, 0.3) is 0 Å². The van der Waals surface area contributed by atoms with Crippen LogP contribution in [-0.2, 0) is 9.59 Å². The Labute approximate surface area is 139 Å². The van der Waals surface area contributed by atoms with Gasteiger partial charge in [-0.3, -0.25) is 4.79 Å². The molecule has 1 rings (SSSR count). The number of aromatic hydroxyl groups is 1. The summed E-state index contributed by atoms with van der Waals surface area (Å²) in [5.74, 6) is -1.69. The highest BCUT2D eigenvalue weighted by Gasteiger charge is 2.26. The van der Waals surface area contributed by atoms with Gasteiger partial charge in [0.1, 0.15) is 5.75 Å². The van der Waals surface area contributed by atoms with Crippen molar-refractivity contribution in [3.63, 3.8) is 0 Å². The molecule has 0 bridgehead atoms. The summed E-state index contributed by atoms with van der Waals surface area (Å²) in [6, 6.07) is 3.70. The molecule has 1 unspecified atom stereocenters. The Bertz CT molecular complexity index is 481. The van der Waals surface area contributed by atoms with Gasteiger partial charge < -0.3 is 26.7 Å². The highest BCUT2D eigenvalue weighted by atomic mass is 79.9. The average molecular weight is 379 g/mol. The number of amides is 1. The molecule has 3 atom stereocenters. The number of nitrogens with two attached hydrogens (primary N) is 1. The van der Waals surface area contributed by atoms with E-state index in [4.69, 9.17) is 5.73 Å². The van der Waals surface area contributed by atoms with Crippen LogP contribution in [0.15, 0.2) is 24.3 Å². The highest BCUT2D eigenvalue weighted by Crippen LogP contribution is 2.18. The largest absolute Gasteiger partial charge is 0.508 e. The lowest BCUT2D eigenvalue weighted by Crippen LogP contribution is -2.47. The fourth-order valence-corrected chi connectivity index (χ4v) is 1.71. The number of carboxylic acid groups (broad SMARTS) is 1. The van der Waals surface area contributed by atoms with Gasteiger partial charge in [0, 0.05) is 0 Å². The number of hydrogen-bond acceptors (Lipinski definition) is 4. The van der Waals surface area contributed by atoms with E-state index in [1.54, 1.807) is 0 Å². The molecule has 7 N–H and O–H groups in total. The molecular weight excluding hydrogens is 356 g/mol. The Kier molecular flexibility index (Phi) is 10.4. The van der Waals surface area contributed by atoms with Crippen molar-refractivity contribution in [2.24, 2.45) is 11.7 Å². The summed E-state index contributed by atoms with van der Waals surface area (Å²) in [7, 11) is 0. The molecule has 0 saturated carbocycles. The van der Waals surface area contributed by atoms with Gasteiger partial charge in [-0.05, 0) is 23.6 Å². The van der Waals surface area contributed by atoms with E-state index in [1.807, 2.05) is 13.8 Å². The Morgan fingerprint density at radius 2 is 1.77 bits per heavy atom. The summed E-state index contributed by atoms with van der Waals surface area (Å²) in [6.45, 7) is 3.74. The molecule has 0 spiro atoms. The number of phenols is 1. The zero-order valence-electron chi connectivity index (χ0n) is 12.4. The van der Waals surface area contributed by atoms with Crippen LogP contribution < -0.4 is 11.1 Å². The molecule has 7 nitrogen and oxygen atoms in total. The Morgan fingerprint density at radius 3 is 2.18 bits per heavy atom. The van der Waals surface area contributed by atoms with Crippen molar-refractivity contribution in [1.29, 1.82) is 0 Å². The van der Waals surface area contributed by atoms with Crippen LogP contribution in [0.1, 0.15) is 31.9 Å². The summed E-state index contributed by atoms with van der Waals surface area (Å²) < 4.78 is 0. The average Bonchev–Trinajstić information content (AvgIpc) is 2.43. The SMILES string of the molecule is Br.CC[C@H](C)[C@H](N)C(=O)NC(C(=O)O)c1ccc(O)cc1.O. The number of nitrogens with one attached hydrogen (secondary N) is 1. The lowest BCUT2D eigenvalue weighted by atomic mass is 9.98. The summed E-state index contributed by atoms with van der Waals surface area (Å²) in [4.78, 5) is 23.2. The first-order chi connectivity index (χ1) is 9.36. The predicted molar refractivity (Wildman–Crippen MR) is 88.0 cm³/mol. The van der Waals surface area contributed by atoms with Crippen LogP contribution >= 0.6 is 17.0 Å². The second-order valence-corrected chi connectivity index (χ2v) is 4.78. The van der Waals surface area contributed by atoms with E-state index in [-0.39, 0.29) is 34.1 Å². The van der Waals surface area contributed by atoms with Gasteiger partial charge in [0.2, 0.25) is 5.91 Å². The molecule has 1 aromatic rings. The van der Waals surface area contributed by atoms with E-state index in [1.165, 1.54) is 24.3 Å². The van der Waals surface area contributed by atoms with Crippen LogP contribution in [0.3, 0.4) is 0 Å². The van der Waals surface area contributed by atoms with Crippen LogP contribution in [0.5, 0.6) is 5.75 Å². The van der Waals surface area contributed by atoms with Crippen molar-refractivity contribution in [1.82, 2.24) is 5.32 Å². The molecule has 22 heavy (non-hydrogen) atoms. The maximum atomic E-state index is 11.9. The van der Waals surface area contributed by atoms with Crippen LogP contribution in [-0.4, -0.2) is 33.6 Å². The van der Waals surface area contributed by atoms with Gasteiger partial charge in [0.05, 0.1) is 6.04 Å². The Balaban J connectivity index is 0. The van der Waals surface area contributed by atoms with Crippen LogP contribution in [0.2, 0.25) is 0 Å². The van der Waals surface area contributed by atoms with Gasteiger partial charge in [-0.25, -0.2) is 4.79 Å². The molecule has 1 amide bonds. The number of carbonyl (C=O) groups excluding carboxylic acids is 1. The van der Waals surface area contributed by atoms with Gasteiger partial charge in [-0.1, -0.05) is 32.4 Å². The van der Waals surface area contributed by atoms with Crippen molar-refractivity contribution < 1.29 is 25.3 Å². The molecule has 0 radical (unpaired) electrons. The van der Waals surface area contributed by atoms with Crippen molar-refractivity contribution in [2.45, 2.75) is 32.4 Å². The van der Waals surface area contributed by atoms with E-state index < -0.39 is 24.0 Å². The van der Waals surface area contributed by atoms with Crippen LogP contribution in [0, 0.1) is 5.92 Å². The number of phenolic OH excluding ortho intramolecular Hbond substituents is 1. The number of carbonyl (C=O) groups is 2. The molecule has 0 aliphatic carbocycles. The van der Waals surface area contributed by atoms with Gasteiger partial charge in [0.25, 0.3) is 0 Å². The molecule has 0 heterocycles. The van der Waals surface area contributed by atoms with E-state index in [2.05, 4.69) is 5.32 Å².